The molecule has 3 fully saturated rings. The number of anilines is 2. The van der Waals surface area contributed by atoms with Crippen LogP contribution in [0, 0.1) is 11.3 Å². The molecule has 1 aliphatic carbocycles. The third-order valence-corrected chi connectivity index (χ3v) is 7.05. The van der Waals surface area contributed by atoms with E-state index in [0.717, 1.165) is 11.3 Å². The molecule has 2 saturated heterocycles. The zero-order chi connectivity index (χ0) is 19.2. The van der Waals surface area contributed by atoms with Crippen LogP contribution < -0.4 is 10.0 Å². The fourth-order valence-electron chi connectivity index (χ4n) is 3.47. The molecule has 2 bridgehead atoms. The first-order valence-corrected chi connectivity index (χ1v) is 10.4. The van der Waals surface area contributed by atoms with Crippen molar-refractivity contribution in [2.45, 2.75) is 17.4 Å². The Morgan fingerprint density at radius 3 is 2.63 bits per heavy atom. The lowest BCUT2D eigenvalue weighted by molar-refractivity contribution is -0.158. The molecule has 3 atom stereocenters. The Hall–Kier alpha value is -2.50. The molecule has 3 aliphatic rings. The number of carbonyl (C=O) groups excluding carboxylic acids is 1. The zero-order valence-electron chi connectivity index (χ0n) is 13.8. The first-order chi connectivity index (χ1) is 12.8. The Balaban J connectivity index is 1.47. The van der Waals surface area contributed by atoms with Crippen molar-refractivity contribution < 1.29 is 27.9 Å². The second-order valence-corrected chi connectivity index (χ2v) is 9.02. The van der Waals surface area contributed by atoms with Crippen molar-refractivity contribution in [3.63, 3.8) is 0 Å². The van der Waals surface area contributed by atoms with Gasteiger partial charge >= 0.3 is 5.97 Å². The van der Waals surface area contributed by atoms with E-state index >= 15 is 0 Å². The van der Waals surface area contributed by atoms with Crippen LogP contribution in [-0.4, -0.2) is 43.1 Å². The van der Waals surface area contributed by atoms with E-state index in [9.17, 15) is 23.1 Å². The van der Waals surface area contributed by atoms with E-state index in [2.05, 4.69) is 15.0 Å². The van der Waals surface area contributed by atoms with Gasteiger partial charge in [-0.25, -0.2) is 13.4 Å². The number of hydrogen-bond acceptors (Lipinski definition) is 7. The number of benzene rings is 1. The maximum Gasteiger partial charge on any atom is 0.310 e. The van der Waals surface area contributed by atoms with Gasteiger partial charge in [-0.1, -0.05) is 0 Å². The number of thiazole rings is 1. The highest BCUT2D eigenvalue weighted by Crippen LogP contribution is 2.55. The van der Waals surface area contributed by atoms with E-state index in [1.807, 2.05) is 0 Å². The van der Waals surface area contributed by atoms with Crippen LogP contribution in [0.15, 0.2) is 40.7 Å². The molecule has 1 aromatic carbocycles. The molecule has 27 heavy (non-hydrogen) atoms. The molecule has 11 heteroatoms. The SMILES string of the molecule is O=C(O)C1C2CC1(C(=O)Nc1ccc(S(=O)(=O)Nc3nccs3)cc1)CO2. The minimum Gasteiger partial charge on any atom is -0.481 e. The minimum absolute atomic E-state index is 0.0187. The standard InChI is InChI=1S/C16H15N3O6S2/c20-13(21)12-11-7-16(12,8-25-11)14(22)18-9-1-3-10(4-2-9)27(23,24)19-15-17-5-6-26-15/h1-6,11-12H,7-8H2,(H,17,19)(H,18,22)(H,20,21). The summed E-state index contributed by atoms with van der Waals surface area (Å²) < 4.78 is 32.3. The number of rotatable bonds is 6. The van der Waals surface area contributed by atoms with Crippen molar-refractivity contribution in [3.05, 3.63) is 35.8 Å². The van der Waals surface area contributed by atoms with Gasteiger partial charge in [0.25, 0.3) is 10.0 Å². The molecule has 0 spiro atoms. The van der Waals surface area contributed by atoms with E-state index in [1.54, 1.807) is 5.38 Å². The van der Waals surface area contributed by atoms with Crippen molar-refractivity contribution in [2.24, 2.45) is 11.3 Å². The Morgan fingerprint density at radius 2 is 2.04 bits per heavy atom. The summed E-state index contributed by atoms with van der Waals surface area (Å²) in [6, 6.07) is 5.61. The predicted molar refractivity (Wildman–Crippen MR) is 95.9 cm³/mol. The van der Waals surface area contributed by atoms with E-state index < -0.39 is 39.3 Å². The largest absolute Gasteiger partial charge is 0.481 e. The molecule has 3 N–H and O–H groups in total. The van der Waals surface area contributed by atoms with Crippen LogP contribution in [0.5, 0.6) is 0 Å². The molecule has 3 heterocycles. The first-order valence-electron chi connectivity index (χ1n) is 8.00. The van der Waals surface area contributed by atoms with E-state index in [1.165, 1.54) is 30.5 Å². The van der Waals surface area contributed by atoms with Crippen molar-refractivity contribution in [3.8, 4) is 0 Å². The van der Waals surface area contributed by atoms with Crippen LogP contribution in [0.4, 0.5) is 10.8 Å². The number of nitrogens with zero attached hydrogens (tertiary/aromatic N) is 1. The lowest BCUT2D eigenvalue weighted by atomic mass is 9.60. The molecule has 5 rings (SSSR count). The molecule has 1 amide bonds. The van der Waals surface area contributed by atoms with Gasteiger partial charge in [-0.05, 0) is 30.7 Å². The summed E-state index contributed by atoms with van der Waals surface area (Å²) in [6.45, 7) is 0.0741. The molecule has 2 aliphatic heterocycles. The summed E-state index contributed by atoms with van der Waals surface area (Å²) in [4.78, 5) is 27.8. The van der Waals surface area contributed by atoms with Crippen molar-refractivity contribution in [2.75, 3.05) is 16.6 Å². The van der Waals surface area contributed by atoms with Gasteiger partial charge in [0.1, 0.15) is 0 Å². The first kappa shape index (κ1) is 17.9. The maximum atomic E-state index is 12.6. The van der Waals surface area contributed by atoms with Crippen LogP contribution in [0.25, 0.3) is 0 Å². The predicted octanol–water partition coefficient (Wildman–Crippen LogP) is 1.37. The number of nitrogens with one attached hydrogen (secondary N) is 2. The fourth-order valence-corrected chi connectivity index (χ4v) is 5.26. The lowest BCUT2D eigenvalue weighted by Crippen LogP contribution is -2.55. The number of fused-ring (bicyclic) bond motifs is 1. The van der Waals surface area contributed by atoms with Gasteiger partial charge < -0.3 is 15.2 Å². The number of carbonyl (C=O) groups is 2. The zero-order valence-corrected chi connectivity index (χ0v) is 15.4. The summed E-state index contributed by atoms with van der Waals surface area (Å²) >= 11 is 1.16. The van der Waals surface area contributed by atoms with Gasteiger partial charge in [0, 0.05) is 17.3 Å². The van der Waals surface area contributed by atoms with Gasteiger partial charge in [0.05, 0.1) is 28.9 Å². The molecule has 0 radical (unpaired) electrons. The molecule has 1 aromatic heterocycles. The molecule has 2 aromatic rings. The average Bonchev–Trinajstić information content (AvgIpc) is 3.30. The number of ether oxygens (including phenoxy) is 1. The number of aliphatic carboxylic acids is 1. The van der Waals surface area contributed by atoms with E-state index in [0.29, 0.717) is 12.1 Å². The van der Waals surface area contributed by atoms with Gasteiger partial charge in [-0.15, -0.1) is 11.3 Å². The lowest BCUT2D eigenvalue weighted by Gasteiger charge is -2.40. The van der Waals surface area contributed by atoms with Crippen LogP contribution in [-0.2, 0) is 24.3 Å². The van der Waals surface area contributed by atoms with Gasteiger partial charge in [0.15, 0.2) is 5.13 Å². The van der Waals surface area contributed by atoms with Gasteiger partial charge in [-0.3, -0.25) is 14.3 Å². The third-order valence-electron chi connectivity index (χ3n) is 4.88. The Bertz CT molecular complexity index is 986. The highest BCUT2D eigenvalue weighted by atomic mass is 32.2. The number of hydrogen-bond donors (Lipinski definition) is 3. The second-order valence-electron chi connectivity index (χ2n) is 6.45. The van der Waals surface area contributed by atoms with Crippen LogP contribution in [0.3, 0.4) is 0 Å². The Morgan fingerprint density at radius 1 is 1.30 bits per heavy atom. The van der Waals surface area contributed by atoms with E-state index in [-0.39, 0.29) is 16.6 Å². The number of carboxylic acid groups (broad SMARTS) is 1. The summed E-state index contributed by atoms with van der Waals surface area (Å²) in [7, 11) is -3.78. The quantitative estimate of drug-likeness (QED) is 0.656. The number of carboxylic acids is 1. The fraction of sp³-hybridized carbons (Fsp3) is 0.312. The normalized spacial score (nSPS) is 26.2. The third kappa shape index (κ3) is 2.97. The van der Waals surface area contributed by atoms with Crippen molar-refractivity contribution >= 4 is 44.1 Å². The maximum absolute atomic E-state index is 12.6. The van der Waals surface area contributed by atoms with Gasteiger partial charge in [-0.2, -0.15) is 0 Å². The molecule has 3 unspecified atom stereocenters. The number of sulfonamides is 1. The smallest absolute Gasteiger partial charge is 0.310 e. The van der Waals surface area contributed by atoms with Crippen molar-refractivity contribution in [1.82, 2.24) is 4.98 Å². The van der Waals surface area contributed by atoms with Crippen LogP contribution in [0.1, 0.15) is 6.42 Å². The Kier molecular flexibility index (Phi) is 4.17. The van der Waals surface area contributed by atoms with Crippen LogP contribution in [0.2, 0.25) is 0 Å². The second kappa shape index (κ2) is 6.29. The highest BCUT2D eigenvalue weighted by Gasteiger charge is 2.68. The summed E-state index contributed by atoms with van der Waals surface area (Å²) in [5, 5.41) is 13.9. The summed E-state index contributed by atoms with van der Waals surface area (Å²) in [6.07, 6.45) is 1.44. The topological polar surface area (TPSA) is 135 Å². The molecule has 1 saturated carbocycles. The average molecular weight is 409 g/mol. The monoisotopic (exact) mass is 409 g/mol. The Labute approximate surface area is 158 Å². The molecular formula is C16H15N3O6S2. The summed E-state index contributed by atoms with van der Waals surface area (Å²) in [5.74, 6) is -2.33. The van der Waals surface area contributed by atoms with Crippen LogP contribution >= 0.6 is 11.3 Å². The van der Waals surface area contributed by atoms with Gasteiger partial charge in [0.2, 0.25) is 5.91 Å². The molecule has 9 nitrogen and oxygen atoms in total. The highest BCUT2D eigenvalue weighted by molar-refractivity contribution is 7.93. The molecular weight excluding hydrogens is 394 g/mol. The van der Waals surface area contributed by atoms with E-state index in [4.69, 9.17) is 4.74 Å². The summed E-state index contributed by atoms with van der Waals surface area (Å²) in [5.41, 5.74) is -0.685. The molecule has 142 valence electrons. The number of aromatic nitrogens is 1. The minimum atomic E-state index is -3.78. The number of amides is 1. The van der Waals surface area contributed by atoms with Crippen molar-refractivity contribution in [1.29, 1.82) is 0 Å².